The normalized spacial score (nSPS) is 10.1. The lowest BCUT2D eigenvalue weighted by Crippen LogP contribution is -2.27. The molecule has 0 aliphatic carbocycles. The molecular weight excluding hydrogens is 204 g/mol. The Bertz CT molecular complexity index is 321. The Hall–Kier alpha value is -2.18. The van der Waals surface area contributed by atoms with Crippen LogP contribution in [0.15, 0.2) is 12.0 Å². The molecule has 0 radical (unpaired) electrons. The molecule has 7 nitrogen and oxygen atoms in total. The lowest BCUT2D eigenvalue weighted by molar-refractivity contribution is -0.141. The van der Waals surface area contributed by atoms with Gasteiger partial charge in [-0.15, -0.1) is 0 Å². The predicted octanol–water partition coefficient (Wildman–Crippen LogP) is -1.20. The summed E-state index contributed by atoms with van der Waals surface area (Å²) in [5.74, 6) is -2.58. The van der Waals surface area contributed by atoms with Gasteiger partial charge in [-0.1, -0.05) is 0 Å². The summed E-state index contributed by atoms with van der Waals surface area (Å²) in [6.07, 6.45) is 1.02. The van der Waals surface area contributed by atoms with Gasteiger partial charge in [-0.3, -0.25) is 24.5 Å². The van der Waals surface area contributed by atoms with Gasteiger partial charge >= 0.3 is 5.97 Å². The van der Waals surface area contributed by atoms with E-state index in [1.807, 2.05) is 0 Å². The van der Waals surface area contributed by atoms with E-state index in [4.69, 9.17) is 0 Å². The zero-order valence-electron chi connectivity index (χ0n) is 8.20. The van der Waals surface area contributed by atoms with Gasteiger partial charge in [-0.25, -0.2) is 0 Å². The van der Waals surface area contributed by atoms with Crippen molar-refractivity contribution in [1.82, 2.24) is 10.6 Å². The van der Waals surface area contributed by atoms with Crippen LogP contribution >= 0.6 is 0 Å². The van der Waals surface area contributed by atoms with Crippen LogP contribution < -0.4 is 10.6 Å². The van der Waals surface area contributed by atoms with Gasteiger partial charge in [-0.2, -0.15) is 0 Å². The Labute approximate surface area is 85.5 Å². The van der Waals surface area contributed by atoms with Crippen molar-refractivity contribution >= 4 is 24.2 Å². The van der Waals surface area contributed by atoms with Gasteiger partial charge in [0, 0.05) is 13.8 Å². The van der Waals surface area contributed by atoms with E-state index < -0.39 is 23.5 Å². The fraction of sp³-hybridized carbons (Fsp3) is 0.250. The summed E-state index contributed by atoms with van der Waals surface area (Å²) >= 11 is 0. The van der Waals surface area contributed by atoms with E-state index in [1.54, 1.807) is 5.32 Å². The number of carbonyl (C=O) groups excluding carboxylic acids is 4. The van der Waals surface area contributed by atoms with Crippen molar-refractivity contribution < 1.29 is 23.9 Å². The van der Waals surface area contributed by atoms with Crippen LogP contribution in [0, 0.1) is 0 Å². The standard InChI is InChI=1S/C8H10N2O5/c1-5(12)9-3-7(15-6(2)13)8(14)10-4-11/h3-4H,1-2H3,(H,9,12)(H,10,11,14)/b7-3+. The highest BCUT2D eigenvalue weighted by Gasteiger charge is 2.12. The van der Waals surface area contributed by atoms with E-state index in [0.29, 0.717) is 0 Å². The minimum absolute atomic E-state index is 0.132. The van der Waals surface area contributed by atoms with Crippen molar-refractivity contribution in [1.29, 1.82) is 0 Å². The number of nitrogens with one attached hydrogen (secondary N) is 2. The molecule has 15 heavy (non-hydrogen) atoms. The fourth-order valence-corrected chi connectivity index (χ4v) is 0.588. The van der Waals surface area contributed by atoms with Gasteiger partial charge in [0.25, 0.3) is 5.91 Å². The number of ether oxygens (including phenoxy) is 1. The monoisotopic (exact) mass is 214 g/mol. The van der Waals surface area contributed by atoms with Crippen LogP contribution in [0.2, 0.25) is 0 Å². The Morgan fingerprint density at radius 3 is 2.13 bits per heavy atom. The maximum absolute atomic E-state index is 11.1. The second-order valence-corrected chi connectivity index (χ2v) is 2.39. The number of hydrogen-bond donors (Lipinski definition) is 2. The number of amides is 3. The van der Waals surface area contributed by atoms with Gasteiger partial charge in [0.05, 0.1) is 6.20 Å². The van der Waals surface area contributed by atoms with Crippen LogP contribution in [0.5, 0.6) is 0 Å². The maximum atomic E-state index is 11.1. The molecule has 0 saturated heterocycles. The Morgan fingerprint density at radius 1 is 1.13 bits per heavy atom. The Kier molecular flexibility index (Phi) is 5.38. The molecular formula is C8H10N2O5. The first-order valence-corrected chi connectivity index (χ1v) is 3.87. The zero-order valence-corrected chi connectivity index (χ0v) is 8.20. The molecule has 0 aliphatic rings. The number of rotatable bonds is 4. The Morgan fingerprint density at radius 2 is 1.73 bits per heavy atom. The molecule has 0 rings (SSSR count). The molecule has 0 atom stereocenters. The van der Waals surface area contributed by atoms with E-state index in [1.165, 1.54) is 6.92 Å². The second kappa shape index (κ2) is 6.30. The SMILES string of the molecule is CC(=O)N/C=C(/OC(C)=O)C(=O)NC=O. The van der Waals surface area contributed by atoms with E-state index in [2.05, 4.69) is 10.1 Å². The number of hydrogen-bond acceptors (Lipinski definition) is 5. The van der Waals surface area contributed by atoms with Crippen molar-refractivity contribution in [2.45, 2.75) is 13.8 Å². The minimum atomic E-state index is -0.922. The summed E-state index contributed by atoms with van der Waals surface area (Å²) in [5, 5.41) is 3.89. The average Bonchev–Trinajstić information content (AvgIpc) is 2.11. The topological polar surface area (TPSA) is 102 Å². The second-order valence-electron chi connectivity index (χ2n) is 2.39. The average molecular weight is 214 g/mol. The van der Waals surface area contributed by atoms with Gasteiger partial charge in [0.2, 0.25) is 18.1 Å². The predicted molar refractivity (Wildman–Crippen MR) is 47.9 cm³/mol. The molecule has 3 amide bonds. The lowest BCUT2D eigenvalue weighted by atomic mass is 10.5. The highest BCUT2D eigenvalue weighted by atomic mass is 16.5. The first-order chi connectivity index (χ1) is 6.97. The summed E-state index contributed by atoms with van der Waals surface area (Å²) in [4.78, 5) is 42.1. The Balaban J connectivity index is 4.62. The fourth-order valence-electron chi connectivity index (χ4n) is 0.588. The quantitative estimate of drug-likeness (QED) is 0.265. The van der Waals surface area contributed by atoms with Gasteiger partial charge in [0.15, 0.2) is 0 Å². The number of carbonyl (C=O) groups is 4. The third-order valence-electron chi connectivity index (χ3n) is 1.07. The minimum Gasteiger partial charge on any atom is -0.419 e. The summed E-state index contributed by atoms with van der Waals surface area (Å²) in [6, 6.07) is 0. The molecule has 2 N–H and O–H groups in total. The van der Waals surface area contributed by atoms with Gasteiger partial charge in [0.1, 0.15) is 0 Å². The summed E-state index contributed by atoms with van der Waals surface area (Å²) < 4.78 is 4.45. The maximum Gasteiger partial charge on any atom is 0.308 e. The largest absolute Gasteiger partial charge is 0.419 e. The molecule has 0 aromatic rings. The van der Waals surface area contributed by atoms with E-state index in [-0.39, 0.29) is 6.41 Å². The molecule has 0 unspecified atom stereocenters. The molecule has 0 aromatic heterocycles. The van der Waals surface area contributed by atoms with E-state index in [0.717, 1.165) is 13.1 Å². The lowest BCUT2D eigenvalue weighted by Gasteiger charge is -2.04. The van der Waals surface area contributed by atoms with Crippen LogP contribution in [-0.2, 0) is 23.9 Å². The summed E-state index contributed by atoms with van der Waals surface area (Å²) in [7, 11) is 0. The molecule has 0 spiro atoms. The van der Waals surface area contributed by atoms with Crippen LogP contribution in [-0.4, -0.2) is 24.2 Å². The van der Waals surface area contributed by atoms with Crippen molar-refractivity contribution in [2.24, 2.45) is 0 Å². The van der Waals surface area contributed by atoms with Crippen LogP contribution in [0.4, 0.5) is 0 Å². The van der Waals surface area contributed by atoms with Crippen molar-refractivity contribution in [3.8, 4) is 0 Å². The number of imide groups is 1. The molecule has 0 saturated carbocycles. The van der Waals surface area contributed by atoms with Crippen LogP contribution in [0.1, 0.15) is 13.8 Å². The highest BCUT2D eigenvalue weighted by Crippen LogP contribution is 1.96. The van der Waals surface area contributed by atoms with Crippen molar-refractivity contribution in [2.75, 3.05) is 0 Å². The molecule has 0 fully saturated rings. The van der Waals surface area contributed by atoms with E-state index >= 15 is 0 Å². The summed E-state index contributed by atoms with van der Waals surface area (Å²) in [5.41, 5.74) is 0. The third-order valence-corrected chi connectivity index (χ3v) is 1.07. The molecule has 0 heterocycles. The molecule has 0 aromatic carbocycles. The molecule has 7 heteroatoms. The number of esters is 1. The van der Waals surface area contributed by atoms with Gasteiger partial charge < -0.3 is 10.1 Å². The van der Waals surface area contributed by atoms with Crippen LogP contribution in [0.3, 0.4) is 0 Å². The third kappa shape index (κ3) is 5.97. The van der Waals surface area contributed by atoms with Crippen LogP contribution in [0.25, 0.3) is 0 Å². The first-order valence-electron chi connectivity index (χ1n) is 3.87. The smallest absolute Gasteiger partial charge is 0.308 e. The van der Waals surface area contributed by atoms with Crippen molar-refractivity contribution in [3.63, 3.8) is 0 Å². The van der Waals surface area contributed by atoms with E-state index in [9.17, 15) is 19.2 Å². The highest BCUT2D eigenvalue weighted by molar-refractivity contribution is 5.99. The molecule has 0 aliphatic heterocycles. The summed E-state index contributed by atoms with van der Waals surface area (Å²) in [6.45, 7) is 2.29. The molecule has 82 valence electrons. The first kappa shape index (κ1) is 12.8. The van der Waals surface area contributed by atoms with Crippen molar-refractivity contribution in [3.05, 3.63) is 12.0 Å². The zero-order chi connectivity index (χ0) is 11.8. The van der Waals surface area contributed by atoms with Gasteiger partial charge in [-0.05, 0) is 0 Å². The molecule has 0 bridgehead atoms.